The van der Waals surface area contributed by atoms with Gasteiger partial charge in [-0.15, -0.1) is 0 Å². The van der Waals surface area contributed by atoms with E-state index in [9.17, 15) is 0 Å². The molecule has 0 aliphatic heterocycles. The predicted octanol–water partition coefficient (Wildman–Crippen LogP) is 1.48. The van der Waals surface area contributed by atoms with E-state index in [4.69, 9.17) is 5.73 Å². The van der Waals surface area contributed by atoms with Crippen molar-refractivity contribution in [3.05, 3.63) is 30.1 Å². The summed E-state index contributed by atoms with van der Waals surface area (Å²) in [5.74, 6) is 1.11. The fourth-order valence-electron chi connectivity index (χ4n) is 1.24. The maximum atomic E-state index is 5.87. The van der Waals surface area contributed by atoms with Crippen molar-refractivity contribution in [3.8, 4) is 0 Å². The normalized spacial score (nSPS) is 11.9. The molecule has 1 rings (SSSR count). The Morgan fingerprint density at radius 1 is 1.56 bits per heavy atom. The van der Waals surface area contributed by atoms with Gasteiger partial charge in [0.15, 0.2) is 5.96 Å². The third kappa shape index (κ3) is 4.29. The highest BCUT2D eigenvalue weighted by Gasteiger charge is 2.03. The zero-order valence-corrected chi connectivity index (χ0v) is 10.2. The molecule has 0 saturated heterocycles. The number of hydrogen-bond acceptors (Lipinski definition) is 2. The smallest absolute Gasteiger partial charge is 0.191 e. The molecule has 0 fully saturated rings. The molecule has 0 atom stereocenters. The van der Waals surface area contributed by atoms with Gasteiger partial charge < -0.3 is 10.6 Å². The molecule has 1 heterocycles. The Hall–Kier alpha value is -1.58. The third-order valence-corrected chi connectivity index (χ3v) is 2.15. The number of guanidine groups is 1. The number of nitrogens with zero attached hydrogens (tertiary/aromatic N) is 3. The summed E-state index contributed by atoms with van der Waals surface area (Å²) >= 11 is 0. The van der Waals surface area contributed by atoms with Crippen LogP contribution in [0.1, 0.15) is 19.4 Å². The SMILES string of the molecule is CC(C)CN=C(N)N(C)Cc1cccnc1. The third-order valence-electron chi connectivity index (χ3n) is 2.15. The van der Waals surface area contributed by atoms with Gasteiger partial charge in [-0.2, -0.15) is 0 Å². The Bertz CT molecular complexity index is 332. The maximum absolute atomic E-state index is 5.87. The van der Waals surface area contributed by atoms with Crippen molar-refractivity contribution in [3.63, 3.8) is 0 Å². The summed E-state index contributed by atoms with van der Waals surface area (Å²) in [6.45, 7) is 5.75. The molecule has 0 spiro atoms. The van der Waals surface area contributed by atoms with E-state index in [0.29, 0.717) is 11.9 Å². The van der Waals surface area contributed by atoms with Gasteiger partial charge in [-0.1, -0.05) is 19.9 Å². The van der Waals surface area contributed by atoms with Gasteiger partial charge in [0, 0.05) is 32.5 Å². The molecular formula is C12H20N4. The first-order valence-corrected chi connectivity index (χ1v) is 5.49. The molecule has 0 aliphatic carbocycles. The largest absolute Gasteiger partial charge is 0.370 e. The number of nitrogens with two attached hydrogens (primary N) is 1. The van der Waals surface area contributed by atoms with Crippen molar-refractivity contribution >= 4 is 5.96 Å². The van der Waals surface area contributed by atoms with E-state index in [-0.39, 0.29) is 0 Å². The van der Waals surface area contributed by atoms with Crippen LogP contribution < -0.4 is 5.73 Å². The van der Waals surface area contributed by atoms with E-state index < -0.39 is 0 Å². The minimum atomic E-state index is 0.533. The molecule has 0 bridgehead atoms. The van der Waals surface area contributed by atoms with Crippen LogP contribution >= 0.6 is 0 Å². The molecule has 1 aromatic rings. The summed E-state index contributed by atoms with van der Waals surface area (Å²) in [6, 6.07) is 3.95. The zero-order chi connectivity index (χ0) is 12.0. The number of hydrogen-bond donors (Lipinski definition) is 1. The summed E-state index contributed by atoms with van der Waals surface area (Å²) in [4.78, 5) is 10.3. The second-order valence-corrected chi connectivity index (χ2v) is 4.31. The van der Waals surface area contributed by atoms with Crippen LogP contribution in [0.25, 0.3) is 0 Å². The number of pyridine rings is 1. The van der Waals surface area contributed by atoms with Gasteiger partial charge in [-0.05, 0) is 17.5 Å². The molecule has 16 heavy (non-hydrogen) atoms. The number of aliphatic imine (C=N–C) groups is 1. The molecule has 1 aromatic heterocycles. The molecular weight excluding hydrogens is 200 g/mol. The quantitative estimate of drug-likeness (QED) is 0.617. The lowest BCUT2D eigenvalue weighted by atomic mass is 10.2. The topological polar surface area (TPSA) is 54.5 Å². The first kappa shape index (κ1) is 12.5. The molecule has 0 radical (unpaired) electrons. The number of rotatable bonds is 4. The molecule has 2 N–H and O–H groups in total. The molecule has 88 valence electrons. The van der Waals surface area contributed by atoms with Gasteiger partial charge in [0.05, 0.1) is 0 Å². The summed E-state index contributed by atoms with van der Waals surface area (Å²) < 4.78 is 0. The van der Waals surface area contributed by atoms with E-state index >= 15 is 0 Å². The lowest BCUT2D eigenvalue weighted by molar-refractivity contribution is 0.488. The Balaban J connectivity index is 2.52. The first-order chi connectivity index (χ1) is 7.59. The van der Waals surface area contributed by atoms with Crippen molar-refractivity contribution in [1.29, 1.82) is 0 Å². The molecule has 0 saturated carbocycles. The summed E-state index contributed by atoms with van der Waals surface area (Å²) in [5.41, 5.74) is 7.00. The Kier molecular flexibility index (Phi) is 4.76. The average molecular weight is 220 g/mol. The van der Waals surface area contributed by atoms with Crippen molar-refractivity contribution in [2.45, 2.75) is 20.4 Å². The van der Waals surface area contributed by atoms with Gasteiger partial charge in [-0.3, -0.25) is 9.98 Å². The van der Waals surface area contributed by atoms with Crippen LogP contribution in [0.15, 0.2) is 29.5 Å². The van der Waals surface area contributed by atoms with Gasteiger partial charge in [-0.25, -0.2) is 0 Å². The van der Waals surface area contributed by atoms with E-state index in [1.807, 2.05) is 30.3 Å². The first-order valence-electron chi connectivity index (χ1n) is 5.49. The fourth-order valence-corrected chi connectivity index (χ4v) is 1.24. The van der Waals surface area contributed by atoms with Crippen LogP contribution in [0, 0.1) is 5.92 Å². The number of aromatic nitrogens is 1. The summed E-state index contributed by atoms with van der Waals surface area (Å²) in [6.07, 6.45) is 3.60. The second-order valence-electron chi connectivity index (χ2n) is 4.31. The van der Waals surface area contributed by atoms with E-state index in [2.05, 4.69) is 23.8 Å². The lowest BCUT2D eigenvalue weighted by Crippen LogP contribution is -2.33. The minimum Gasteiger partial charge on any atom is -0.370 e. The van der Waals surface area contributed by atoms with E-state index in [1.165, 1.54) is 0 Å². The molecule has 0 unspecified atom stereocenters. The average Bonchev–Trinajstić information content (AvgIpc) is 2.27. The zero-order valence-electron chi connectivity index (χ0n) is 10.2. The van der Waals surface area contributed by atoms with Crippen molar-refractivity contribution in [2.75, 3.05) is 13.6 Å². The molecule has 0 amide bonds. The van der Waals surface area contributed by atoms with E-state index in [0.717, 1.165) is 18.7 Å². The monoisotopic (exact) mass is 220 g/mol. The predicted molar refractivity (Wildman–Crippen MR) is 67.0 cm³/mol. The molecule has 4 heteroatoms. The van der Waals surface area contributed by atoms with E-state index in [1.54, 1.807) is 6.20 Å². The molecule has 0 aliphatic rings. The highest BCUT2D eigenvalue weighted by molar-refractivity contribution is 5.77. The Morgan fingerprint density at radius 3 is 2.88 bits per heavy atom. The van der Waals surface area contributed by atoms with Crippen LogP contribution in [0.3, 0.4) is 0 Å². The van der Waals surface area contributed by atoms with Crippen LogP contribution in [0.5, 0.6) is 0 Å². The van der Waals surface area contributed by atoms with Crippen molar-refractivity contribution in [2.24, 2.45) is 16.6 Å². The van der Waals surface area contributed by atoms with Gasteiger partial charge in [0.1, 0.15) is 0 Å². The van der Waals surface area contributed by atoms with Crippen LogP contribution in [-0.4, -0.2) is 29.4 Å². The van der Waals surface area contributed by atoms with Gasteiger partial charge >= 0.3 is 0 Å². The maximum Gasteiger partial charge on any atom is 0.191 e. The highest BCUT2D eigenvalue weighted by Crippen LogP contribution is 2.00. The standard InChI is InChI=1S/C12H20N4/c1-10(2)7-15-12(13)16(3)9-11-5-4-6-14-8-11/h4-6,8,10H,7,9H2,1-3H3,(H2,13,15). The van der Waals surface area contributed by atoms with Gasteiger partial charge in [0.2, 0.25) is 0 Å². The van der Waals surface area contributed by atoms with Gasteiger partial charge in [0.25, 0.3) is 0 Å². The minimum absolute atomic E-state index is 0.533. The Labute approximate surface area is 97.2 Å². The summed E-state index contributed by atoms with van der Waals surface area (Å²) in [5, 5.41) is 0. The summed E-state index contributed by atoms with van der Waals surface area (Å²) in [7, 11) is 1.94. The molecule has 4 nitrogen and oxygen atoms in total. The second kappa shape index (κ2) is 6.10. The Morgan fingerprint density at radius 2 is 2.31 bits per heavy atom. The van der Waals surface area contributed by atoms with Crippen LogP contribution in [-0.2, 0) is 6.54 Å². The lowest BCUT2D eigenvalue weighted by Gasteiger charge is -2.18. The fraction of sp³-hybridized carbons (Fsp3) is 0.500. The highest BCUT2D eigenvalue weighted by atomic mass is 15.2. The van der Waals surface area contributed by atoms with Crippen LogP contribution in [0.4, 0.5) is 0 Å². The molecule has 0 aromatic carbocycles. The van der Waals surface area contributed by atoms with Crippen molar-refractivity contribution < 1.29 is 0 Å². The van der Waals surface area contributed by atoms with Crippen molar-refractivity contribution in [1.82, 2.24) is 9.88 Å². The van der Waals surface area contributed by atoms with Crippen LogP contribution in [0.2, 0.25) is 0 Å².